The zero-order valence-electron chi connectivity index (χ0n) is 14.9. The standard InChI is InChI=1S/C24H24N2/c1-3-8-18(4-2)21(13-15-25)20-11-12-23-22(14-16-26-24(23)17-20)19-9-6-5-7-10-19/h3-16,24,26H,1-2,17,25H2/b15-13-,18-8+,21-20+. The Morgan fingerprint density at radius 1 is 1.12 bits per heavy atom. The number of benzene rings is 1. The Balaban J connectivity index is 2.08. The van der Waals surface area contributed by atoms with Gasteiger partial charge in [0.05, 0.1) is 6.04 Å². The van der Waals surface area contributed by atoms with Crippen molar-refractivity contribution in [1.29, 1.82) is 0 Å². The zero-order chi connectivity index (χ0) is 18.4. The summed E-state index contributed by atoms with van der Waals surface area (Å²) in [7, 11) is 0. The first kappa shape index (κ1) is 17.6. The third-order valence-electron chi connectivity index (χ3n) is 4.64. The van der Waals surface area contributed by atoms with E-state index in [0.717, 1.165) is 17.6 Å². The summed E-state index contributed by atoms with van der Waals surface area (Å²) in [6, 6.07) is 10.7. The van der Waals surface area contributed by atoms with Crippen LogP contribution >= 0.6 is 0 Å². The Labute approximate surface area is 155 Å². The molecule has 2 heteroatoms. The number of hydrogen-bond donors (Lipinski definition) is 2. The molecule has 0 radical (unpaired) electrons. The van der Waals surface area contributed by atoms with Crippen molar-refractivity contribution in [2.24, 2.45) is 5.73 Å². The minimum Gasteiger partial charge on any atom is -0.405 e. The van der Waals surface area contributed by atoms with Gasteiger partial charge in [0.1, 0.15) is 0 Å². The van der Waals surface area contributed by atoms with Crippen LogP contribution in [0, 0.1) is 0 Å². The predicted molar refractivity (Wildman–Crippen MR) is 112 cm³/mol. The number of dihydropyridines is 1. The van der Waals surface area contributed by atoms with E-state index in [4.69, 9.17) is 5.73 Å². The van der Waals surface area contributed by atoms with Crippen LogP contribution in [0.1, 0.15) is 12.0 Å². The van der Waals surface area contributed by atoms with E-state index in [1.54, 1.807) is 12.3 Å². The van der Waals surface area contributed by atoms with Crippen LogP contribution in [0.25, 0.3) is 5.57 Å². The first-order chi connectivity index (χ1) is 12.8. The SMILES string of the molecule is C=C/C=C(C=C)/C(/C=C\N)=C1\C=CC2=C(c3ccccc3)C=CNC2C1. The number of rotatable bonds is 5. The minimum absolute atomic E-state index is 0.242. The van der Waals surface area contributed by atoms with Gasteiger partial charge in [-0.25, -0.2) is 0 Å². The van der Waals surface area contributed by atoms with Crippen molar-refractivity contribution in [2.45, 2.75) is 12.5 Å². The number of hydrogen-bond acceptors (Lipinski definition) is 2. The first-order valence-corrected chi connectivity index (χ1v) is 8.75. The highest BCUT2D eigenvalue weighted by Gasteiger charge is 2.24. The quantitative estimate of drug-likeness (QED) is 0.744. The van der Waals surface area contributed by atoms with Crippen LogP contribution in [-0.2, 0) is 0 Å². The van der Waals surface area contributed by atoms with Gasteiger partial charge in [-0.05, 0) is 64.4 Å². The normalized spacial score (nSPS) is 21.4. The summed E-state index contributed by atoms with van der Waals surface area (Å²) in [5.41, 5.74) is 12.8. The molecule has 0 amide bonds. The maximum atomic E-state index is 5.69. The van der Waals surface area contributed by atoms with Gasteiger partial charge in [0.15, 0.2) is 0 Å². The topological polar surface area (TPSA) is 38.0 Å². The van der Waals surface area contributed by atoms with E-state index in [-0.39, 0.29) is 6.04 Å². The monoisotopic (exact) mass is 340 g/mol. The lowest BCUT2D eigenvalue weighted by molar-refractivity contribution is 0.659. The average Bonchev–Trinajstić information content (AvgIpc) is 2.70. The average molecular weight is 340 g/mol. The van der Waals surface area contributed by atoms with Gasteiger partial charge in [0.2, 0.25) is 0 Å². The molecule has 0 saturated heterocycles. The summed E-state index contributed by atoms with van der Waals surface area (Å²) in [4.78, 5) is 0. The smallest absolute Gasteiger partial charge is 0.0555 e. The zero-order valence-corrected chi connectivity index (χ0v) is 14.9. The van der Waals surface area contributed by atoms with E-state index < -0.39 is 0 Å². The Bertz CT molecular complexity index is 874. The Kier molecular flexibility index (Phi) is 5.55. The van der Waals surface area contributed by atoms with Crippen LogP contribution in [-0.4, -0.2) is 6.04 Å². The fourth-order valence-corrected chi connectivity index (χ4v) is 3.43. The Morgan fingerprint density at radius 3 is 2.62 bits per heavy atom. The van der Waals surface area contributed by atoms with Crippen molar-refractivity contribution < 1.29 is 0 Å². The van der Waals surface area contributed by atoms with Gasteiger partial charge in [-0.1, -0.05) is 73.9 Å². The lowest BCUT2D eigenvalue weighted by atomic mass is 9.82. The van der Waals surface area contributed by atoms with Gasteiger partial charge in [-0.15, -0.1) is 0 Å². The van der Waals surface area contributed by atoms with Crippen molar-refractivity contribution in [1.82, 2.24) is 5.32 Å². The molecule has 1 unspecified atom stereocenters. The number of fused-ring (bicyclic) bond motifs is 1. The molecule has 1 atom stereocenters. The molecule has 2 aliphatic rings. The van der Waals surface area contributed by atoms with Gasteiger partial charge in [-0.2, -0.15) is 0 Å². The molecule has 1 aliphatic carbocycles. The van der Waals surface area contributed by atoms with E-state index in [0.29, 0.717) is 0 Å². The maximum absolute atomic E-state index is 5.69. The highest BCUT2D eigenvalue weighted by molar-refractivity contribution is 5.81. The Morgan fingerprint density at radius 2 is 1.92 bits per heavy atom. The second kappa shape index (κ2) is 8.21. The fraction of sp³-hybridized carbons (Fsp3) is 0.0833. The predicted octanol–water partition coefficient (Wildman–Crippen LogP) is 4.95. The third kappa shape index (κ3) is 3.55. The molecule has 1 aliphatic heterocycles. The molecule has 3 rings (SSSR count). The van der Waals surface area contributed by atoms with Crippen LogP contribution in [0.5, 0.6) is 0 Å². The van der Waals surface area contributed by atoms with Crippen molar-refractivity contribution in [3.05, 3.63) is 126 Å². The van der Waals surface area contributed by atoms with E-state index in [2.05, 4.69) is 61.0 Å². The summed E-state index contributed by atoms with van der Waals surface area (Å²) < 4.78 is 0. The van der Waals surface area contributed by atoms with Gasteiger partial charge in [-0.3, -0.25) is 0 Å². The fourth-order valence-electron chi connectivity index (χ4n) is 3.43. The first-order valence-electron chi connectivity index (χ1n) is 8.75. The molecule has 130 valence electrons. The molecular formula is C24H24N2. The molecular weight excluding hydrogens is 316 g/mol. The summed E-state index contributed by atoms with van der Waals surface area (Å²) in [6.45, 7) is 7.72. The van der Waals surface area contributed by atoms with Crippen molar-refractivity contribution in [2.75, 3.05) is 0 Å². The van der Waals surface area contributed by atoms with Crippen LogP contribution < -0.4 is 11.1 Å². The molecule has 3 N–H and O–H groups in total. The molecule has 1 aromatic rings. The third-order valence-corrected chi connectivity index (χ3v) is 4.64. The Hall–Kier alpha value is -3.26. The number of nitrogens with two attached hydrogens (primary N) is 1. The van der Waals surface area contributed by atoms with E-state index in [1.807, 2.05) is 30.5 Å². The van der Waals surface area contributed by atoms with Gasteiger partial charge >= 0.3 is 0 Å². The molecule has 2 nitrogen and oxygen atoms in total. The van der Waals surface area contributed by atoms with Crippen LogP contribution in [0.2, 0.25) is 0 Å². The maximum Gasteiger partial charge on any atom is 0.0555 e. The van der Waals surface area contributed by atoms with Crippen molar-refractivity contribution in [3.63, 3.8) is 0 Å². The van der Waals surface area contributed by atoms with E-state index in [9.17, 15) is 0 Å². The van der Waals surface area contributed by atoms with Crippen LogP contribution in [0.3, 0.4) is 0 Å². The van der Waals surface area contributed by atoms with Crippen molar-refractivity contribution >= 4 is 5.57 Å². The highest BCUT2D eigenvalue weighted by atomic mass is 14.9. The highest BCUT2D eigenvalue weighted by Crippen LogP contribution is 2.34. The largest absolute Gasteiger partial charge is 0.405 e. The van der Waals surface area contributed by atoms with Gasteiger partial charge < -0.3 is 11.1 Å². The van der Waals surface area contributed by atoms with Crippen LogP contribution in [0.15, 0.2) is 121 Å². The van der Waals surface area contributed by atoms with E-state index in [1.165, 1.54) is 22.3 Å². The van der Waals surface area contributed by atoms with Crippen molar-refractivity contribution in [3.8, 4) is 0 Å². The molecule has 0 fully saturated rings. The lowest BCUT2D eigenvalue weighted by Gasteiger charge is -2.30. The molecule has 0 spiro atoms. The van der Waals surface area contributed by atoms with E-state index >= 15 is 0 Å². The molecule has 0 saturated carbocycles. The summed E-state index contributed by atoms with van der Waals surface area (Å²) in [5, 5.41) is 3.49. The van der Waals surface area contributed by atoms with Gasteiger partial charge in [0, 0.05) is 0 Å². The second-order valence-electron chi connectivity index (χ2n) is 6.18. The second-order valence-corrected chi connectivity index (χ2v) is 6.18. The molecule has 0 aromatic heterocycles. The molecule has 1 aromatic carbocycles. The summed E-state index contributed by atoms with van der Waals surface area (Å²) in [6.07, 6.45) is 18.5. The summed E-state index contributed by atoms with van der Waals surface area (Å²) in [5.74, 6) is 0. The minimum atomic E-state index is 0.242. The molecule has 26 heavy (non-hydrogen) atoms. The number of nitrogens with one attached hydrogen (secondary N) is 1. The van der Waals surface area contributed by atoms with Crippen LogP contribution in [0.4, 0.5) is 0 Å². The number of allylic oxidation sites excluding steroid dienone is 9. The summed E-state index contributed by atoms with van der Waals surface area (Å²) >= 11 is 0. The lowest BCUT2D eigenvalue weighted by Crippen LogP contribution is -2.31. The van der Waals surface area contributed by atoms with Gasteiger partial charge in [0.25, 0.3) is 0 Å². The molecule has 1 heterocycles. The molecule has 0 bridgehead atoms.